The third-order valence-corrected chi connectivity index (χ3v) is 5.91. The van der Waals surface area contributed by atoms with E-state index in [4.69, 9.17) is 4.74 Å². The third-order valence-electron chi connectivity index (χ3n) is 5.91. The summed E-state index contributed by atoms with van der Waals surface area (Å²) >= 11 is 0. The number of amides is 1. The molecule has 0 spiro atoms. The number of benzene rings is 2. The molecule has 0 unspecified atom stereocenters. The van der Waals surface area contributed by atoms with E-state index in [1.54, 1.807) is 7.11 Å². The monoisotopic (exact) mass is 379 g/mol. The van der Waals surface area contributed by atoms with Crippen molar-refractivity contribution in [2.45, 2.75) is 18.9 Å². The molecular formula is C23H29N3O2. The van der Waals surface area contributed by atoms with Crippen molar-refractivity contribution < 1.29 is 9.53 Å². The number of nitrogens with zero attached hydrogens (tertiary/aromatic N) is 2. The zero-order valence-corrected chi connectivity index (χ0v) is 16.5. The first-order valence-corrected chi connectivity index (χ1v) is 10.2. The molecule has 2 aliphatic heterocycles. The highest BCUT2D eigenvalue weighted by molar-refractivity contribution is 5.82. The second-order valence-corrected chi connectivity index (χ2v) is 7.62. The fraction of sp³-hybridized carbons (Fsp3) is 0.435. The lowest BCUT2D eigenvalue weighted by Crippen LogP contribution is -2.61. The molecule has 0 aromatic heterocycles. The van der Waals surface area contributed by atoms with Crippen LogP contribution in [-0.4, -0.2) is 51.8 Å². The minimum atomic E-state index is -0.0380. The Balaban J connectivity index is 1.55. The average Bonchev–Trinajstić information content (AvgIpc) is 2.76. The Labute approximate surface area is 167 Å². The summed E-state index contributed by atoms with van der Waals surface area (Å²) in [6.45, 7) is 4.11. The fourth-order valence-electron chi connectivity index (χ4n) is 4.49. The fourth-order valence-corrected chi connectivity index (χ4v) is 4.49. The van der Waals surface area contributed by atoms with Gasteiger partial charge >= 0.3 is 0 Å². The Kier molecular flexibility index (Phi) is 5.81. The summed E-state index contributed by atoms with van der Waals surface area (Å²) in [5.41, 5.74) is 3.81. The van der Waals surface area contributed by atoms with Gasteiger partial charge < -0.3 is 19.9 Å². The van der Waals surface area contributed by atoms with Gasteiger partial charge in [-0.15, -0.1) is 0 Å². The molecule has 1 saturated heterocycles. The molecule has 1 N–H and O–H groups in total. The van der Waals surface area contributed by atoms with Gasteiger partial charge in [-0.05, 0) is 36.6 Å². The molecule has 2 aromatic rings. The van der Waals surface area contributed by atoms with Crippen molar-refractivity contribution in [3.05, 3.63) is 60.2 Å². The molecule has 28 heavy (non-hydrogen) atoms. The molecule has 148 valence electrons. The third kappa shape index (κ3) is 3.85. The molecule has 1 amide bonds. The molecular weight excluding hydrogens is 350 g/mol. The number of anilines is 2. The summed E-state index contributed by atoms with van der Waals surface area (Å²) in [6, 6.07) is 19.3. The number of nitrogens with one attached hydrogen (secondary N) is 1. The van der Waals surface area contributed by atoms with Crippen LogP contribution < -0.4 is 15.1 Å². The van der Waals surface area contributed by atoms with Crippen LogP contribution in [-0.2, 0) is 16.0 Å². The summed E-state index contributed by atoms with van der Waals surface area (Å²) in [5, 5.41) is 3.14. The molecule has 2 atom stereocenters. The second-order valence-electron chi connectivity index (χ2n) is 7.62. The second kappa shape index (κ2) is 8.65. The number of carbonyl (C=O) groups is 1. The van der Waals surface area contributed by atoms with E-state index in [1.165, 1.54) is 16.9 Å². The van der Waals surface area contributed by atoms with Gasteiger partial charge in [0.05, 0.1) is 12.0 Å². The summed E-state index contributed by atoms with van der Waals surface area (Å²) in [6.07, 6.45) is 1.64. The van der Waals surface area contributed by atoms with Gasteiger partial charge in [-0.3, -0.25) is 4.79 Å². The minimum absolute atomic E-state index is 0.0380. The Morgan fingerprint density at radius 3 is 2.71 bits per heavy atom. The summed E-state index contributed by atoms with van der Waals surface area (Å²) in [7, 11) is 1.69. The van der Waals surface area contributed by atoms with Crippen LogP contribution in [0.5, 0.6) is 0 Å². The highest BCUT2D eigenvalue weighted by Gasteiger charge is 2.41. The molecule has 1 fully saturated rings. The maximum absolute atomic E-state index is 13.1. The zero-order valence-electron chi connectivity index (χ0n) is 16.5. The largest absolute Gasteiger partial charge is 0.385 e. The molecule has 2 heterocycles. The molecule has 5 nitrogen and oxygen atoms in total. The van der Waals surface area contributed by atoms with E-state index in [0.717, 1.165) is 32.5 Å². The maximum atomic E-state index is 13.1. The van der Waals surface area contributed by atoms with Crippen molar-refractivity contribution in [3.63, 3.8) is 0 Å². The van der Waals surface area contributed by atoms with Gasteiger partial charge in [0.1, 0.15) is 0 Å². The Bertz CT molecular complexity index is 795. The van der Waals surface area contributed by atoms with E-state index in [2.05, 4.69) is 63.6 Å². The minimum Gasteiger partial charge on any atom is -0.385 e. The molecule has 5 heteroatoms. The summed E-state index contributed by atoms with van der Waals surface area (Å²) in [4.78, 5) is 17.9. The highest BCUT2D eigenvalue weighted by atomic mass is 16.5. The number of para-hydroxylation sites is 2. The molecule has 2 aliphatic rings. The lowest BCUT2D eigenvalue weighted by molar-refractivity contribution is -0.125. The van der Waals surface area contributed by atoms with Gasteiger partial charge in [-0.1, -0.05) is 36.4 Å². The zero-order chi connectivity index (χ0) is 19.3. The summed E-state index contributed by atoms with van der Waals surface area (Å²) in [5.74, 6) is 0.125. The maximum Gasteiger partial charge on any atom is 0.225 e. The van der Waals surface area contributed by atoms with Crippen LogP contribution in [0, 0.1) is 5.92 Å². The predicted octanol–water partition coefficient (Wildman–Crippen LogP) is 2.71. The first kappa shape index (κ1) is 18.8. The van der Waals surface area contributed by atoms with Crippen molar-refractivity contribution in [3.8, 4) is 0 Å². The van der Waals surface area contributed by atoms with Crippen molar-refractivity contribution >= 4 is 17.3 Å². The van der Waals surface area contributed by atoms with E-state index < -0.39 is 0 Å². The van der Waals surface area contributed by atoms with E-state index in [0.29, 0.717) is 13.2 Å². The number of carbonyl (C=O) groups excluding carboxylic acids is 1. The number of ether oxygens (including phenoxy) is 1. The van der Waals surface area contributed by atoms with Crippen LogP contribution in [0.3, 0.4) is 0 Å². The van der Waals surface area contributed by atoms with Crippen LogP contribution in [0.25, 0.3) is 0 Å². The molecule has 0 saturated carbocycles. The number of hydrogen-bond donors (Lipinski definition) is 1. The van der Waals surface area contributed by atoms with Crippen LogP contribution in [0.4, 0.5) is 11.4 Å². The van der Waals surface area contributed by atoms with Crippen molar-refractivity contribution in [1.82, 2.24) is 5.32 Å². The van der Waals surface area contributed by atoms with Crippen molar-refractivity contribution in [1.29, 1.82) is 0 Å². The first-order valence-electron chi connectivity index (χ1n) is 10.2. The van der Waals surface area contributed by atoms with E-state index in [1.807, 2.05) is 6.07 Å². The number of hydrogen-bond acceptors (Lipinski definition) is 4. The van der Waals surface area contributed by atoms with Gasteiger partial charge in [-0.25, -0.2) is 0 Å². The predicted molar refractivity (Wildman–Crippen MR) is 113 cm³/mol. The van der Waals surface area contributed by atoms with Gasteiger partial charge in [0.15, 0.2) is 0 Å². The van der Waals surface area contributed by atoms with Gasteiger partial charge in [0.25, 0.3) is 0 Å². The Morgan fingerprint density at radius 2 is 1.89 bits per heavy atom. The van der Waals surface area contributed by atoms with Crippen molar-refractivity contribution in [2.24, 2.45) is 5.92 Å². The number of fused-ring (bicyclic) bond motifs is 3. The first-order chi connectivity index (χ1) is 13.8. The van der Waals surface area contributed by atoms with Crippen LogP contribution >= 0.6 is 0 Å². The Morgan fingerprint density at radius 1 is 1.11 bits per heavy atom. The van der Waals surface area contributed by atoms with Gasteiger partial charge in [0, 0.05) is 51.3 Å². The van der Waals surface area contributed by atoms with E-state index in [-0.39, 0.29) is 17.9 Å². The SMILES string of the molecule is COCCCNC(=O)[C@H]1Cc2ccccc2N2CCN(c3ccccc3)C[C@@H]12. The van der Waals surface area contributed by atoms with Crippen LogP contribution in [0.1, 0.15) is 12.0 Å². The Hall–Kier alpha value is -2.53. The average molecular weight is 380 g/mol. The topological polar surface area (TPSA) is 44.8 Å². The molecule has 2 aromatic carbocycles. The normalized spacial score (nSPS) is 21.0. The molecule has 0 bridgehead atoms. The number of methoxy groups -OCH3 is 1. The van der Waals surface area contributed by atoms with E-state index >= 15 is 0 Å². The smallest absolute Gasteiger partial charge is 0.225 e. The van der Waals surface area contributed by atoms with Crippen molar-refractivity contribution in [2.75, 3.05) is 49.7 Å². The lowest BCUT2D eigenvalue weighted by Gasteiger charge is -2.49. The van der Waals surface area contributed by atoms with Gasteiger partial charge in [0.2, 0.25) is 5.91 Å². The molecule has 0 radical (unpaired) electrons. The van der Waals surface area contributed by atoms with Crippen LogP contribution in [0.15, 0.2) is 54.6 Å². The molecule has 0 aliphatic carbocycles. The van der Waals surface area contributed by atoms with Gasteiger partial charge in [-0.2, -0.15) is 0 Å². The van der Waals surface area contributed by atoms with Crippen LogP contribution in [0.2, 0.25) is 0 Å². The summed E-state index contributed by atoms with van der Waals surface area (Å²) < 4.78 is 5.10. The van der Waals surface area contributed by atoms with E-state index in [9.17, 15) is 4.79 Å². The molecule has 4 rings (SSSR count). The standard InChI is InChI=1S/C23H29N3O2/c1-28-15-7-12-24-23(27)20-16-18-8-5-6-11-21(18)26-14-13-25(17-22(20)26)19-9-3-2-4-10-19/h2-6,8-11,20,22H,7,12-17H2,1H3,(H,24,27)/t20-,22-/m0/s1. The lowest BCUT2D eigenvalue weighted by atomic mass is 9.83. The number of rotatable bonds is 6. The number of piperazine rings is 1. The quantitative estimate of drug-likeness (QED) is 0.784. The highest BCUT2D eigenvalue weighted by Crippen LogP contribution is 2.36.